The van der Waals surface area contributed by atoms with Crippen molar-refractivity contribution in [1.29, 1.82) is 0 Å². The second-order valence-corrected chi connectivity index (χ2v) is 3.66. The fraction of sp³-hybridized carbons (Fsp3) is 0.500. The van der Waals surface area contributed by atoms with E-state index in [0.717, 1.165) is 12.1 Å². The van der Waals surface area contributed by atoms with Gasteiger partial charge in [-0.2, -0.15) is 0 Å². The van der Waals surface area contributed by atoms with Gasteiger partial charge < -0.3 is 10.4 Å². The first kappa shape index (κ1) is 11.3. The average Bonchev–Trinajstić information content (AvgIpc) is 2.16. The van der Waals surface area contributed by atoms with Crippen LogP contribution in [0.4, 0.5) is 5.69 Å². The van der Waals surface area contributed by atoms with E-state index in [1.165, 1.54) is 0 Å². The Morgan fingerprint density at radius 2 is 2.36 bits per heavy atom. The van der Waals surface area contributed by atoms with Gasteiger partial charge in [0, 0.05) is 12.4 Å². The normalized spacial score (nSPS) is 14.9. The van der Waals surface area contributed by atoms with E-state index in [2.05, 4.69) is 10.3 Å². The average molecular weight is 215 g/mol. The van der Waals surface area contributed by atoms with Crippen molar-refractivity contribution in [3.63, 3.8) is 0 Å². The molecule has 0 bridgehead atoms. The fourth-order valence-electron chi connectivity index (χ4n) is 1.26. The van der Waals surface area contributed by atoms with Gasteiger partial charge in [0.05, 0.1) is 22.9 Å². The lowest BCUT2D eigenvalue weighted by molar-refractivity contribution is 0.169. The van der Waals surface area contributed by atoms with Crippen LogP contribution in [0.2, 0.25) is 5.02 Å². The van der Waals surface area contributed by atoms with E-state index in [1.807, 2.05) is 6.92 Å². The van der Waals surface area contributed by atoms with E-state index >= 15 is 0 Å². The highest BCUT2D eigenvalue weighted by atomic mass is 35.5. The minimum Gasteiger partial charge on any atom is -0.391 e. The van der Waals surface area contributed by atoms with Crippen LogP contribution in [0.25, 0.3) is 0 Å². The van der Waals surface area contributed by atoms with Gasteiger partial charge >= 0.3 is 0 Å². The van der Waals surface area contributed by atoms with Crippen molar-refractivity contribution in [3.05, 3.63) is 23.5 Å². The number of aliphatic hydroxyl groups is 1. The number of aliphatic hydroxyl groups excluding tert-OH is 1. The highest BCUT2D eigenvalue weighted by Crippen LogP contribution is 2.21. The predicted octanol–water partition coefficient (Wildman–Crippen LogP) is 2.31. The van der Waals surface area contributed by atoms with Gasteiger partial charge in [-0.25, -0.2) is 0 Å². The summed E-state index contributed by atoms with van der Waals surface area (Å²) in [5, 5.41) is 13.2. The van der Waals surface area contributed by atoms with Crippen LogP contribution in [-0.2, 0) is 0 Å². The van der Waals surface area contributed by atoms with E-state index in [-0.39, 0.29) is 6.04 Å². The molecule has 1 aromatic heterocycles. The van der Waals surface area contributed by atoms with Gasteiger partial charge in [-0.15, -0.1) is 0 Å². The van der Waals surface area contributed by atoms with Crippen LogP contribution in [0.15, 0.2) is 18.5 Å². The third-order valence-corrected chi connectivity index (χ3v) is 2.44. The number of hydrogen-bond donors (Lipinski definition) is 2. The lowest BCUT2D eigenvalue weighted by Crippen LogP contribution is -2.30. The molecular weight excluding hydrogens is 200 g/mol. The van der Waals surface area contributed by atoms with E-state index in [9.17, 15) is 5.11 Å². The molecule has 0 saturated heterocycles. The first-order chi connectivity index (χ1) is 6.65. The van der Waals surface area contributed by atoms with E-state index in [4.69, 9.17) is 11.6 Å². The maximum atomic E-state index is 9.44. The third-order valence-electron chi connectivity index (χ3n) is 2.14. The zero-order chi connectivity index (χ0) is 10.6. The first-order valence-electron chi connectivity index (χ1n) is 4.69. The summed E-state index contributed by atoms with van der Waals surface area (Å²) in [6, 6.07) is 1.82. The number of aromatic nitrogens is 1. The van der Waals surface area contributed by atoms with Crippen LogP contribution in [0.1, 0.15) is 20.3 Å². The van der Waals surface area contributed by atoms with E-state index in [0.29, 0.717) is 5.02 Å². The van der Waals surface area contributed by atoms with Gasteiger partial charge in [0.15, 0.2) is 0 Å². The molecule has 78 valence electrons. The molecule has 0 saturated carbocycles. The van der Waals surface area contributed by atoms with Gasteiger partial charge in [0.1, 0.15) is 0 Å². The third kappa shape index (κ3) is 2.86. The summed E-state index contributed by atoms with van der Waals surface area (Å²) in [5.74, 6) is 0. The SMILES string of the molecule is CCC(Nc1ccncc1Cl)C(C)O. The summed E-state index contributed by atoms with van der Waals surface area (Å²) >= 11 is 5.92. The summed E-state index contributed by atoms with van der Waals surface area (Å²) in [6.45, 7) is 3.77. The molecule has 0 aliphatic rings. The van der Waals surface area contributed by atoms with Crippen LogP contribution in [-0.4, -0.2) is 22.2 Å². The molecule has 14 heavy (non-hydrogen) atoms. The summed E-state index contributed by atoms with van der Waals surface area (Å²) in [4.78, 5) is 3.89. The molecule has 0 amide bonds. The molecule has 1 heterocycles. The Morgan fingerprint density at radius 1 is 1.64 bits per heavy atom. The van der Waals surface area contributed by atoms with Crippen molar-refractivity contribution in [2.45, 2.75) is 32.4 Å². The van der Waals surface area contributed by atoms with Crippen LogP contribution in [0.3, 0.4) is 0 Å². The monoisotopic (exact) mass is 214 g/mol. The highest BCUT2D eigenvalue weighted by molar-refractivity contribution is 6.33. The van der Waals surface area contributed by atoms with Crippen LogP contribution >= 0.6 is 11.6 Å². The van der Waals surface area contributed by atoms with Crippen molar-refractivity contribution in [1.82, 2.24) is 4.98 Å². The number of nitrogens with zero attached hydrogens (tertiary/aromatic N) is 1. The maximum Gasteiger partial charge on any atom is 0.0820 e. The van der Waals surface area contributed by atoms with Gasteiger partial charge in [0.2, 0.25) is 0 Å². The lowest BCUT2D eigenvalue weighted by Gasteiger charge is -2.21. The zero-order valence-electron chi connectivity index (χ0n) is 8.37. The largest absolute Gasteiger partial charge is 0.391 e. The minimum absolute atomic E-state index is 0.0231. The number of nitrogens with one attached hydrogen (secondary N) is 1. The van der Waals surface area contributed by atoms with E-state index < -0.39 is 6.10 Å². The summed E-state index contributed by atoms with van der Waals surface area (Å²) < 4.78 is 0. The number of rotatable bonds is 4. The van der Waals surface area contributed by atoms with Crippen molar-refractivity contribution in [2.24, 2.45) is 0 Å². The van der Waals surface area contributed by atoms with Gasteiger partial charge in [-0.1, -0.05) is 18.5 Å². The molecule has 0 radical (unpaired) electrons. The Labute approximate surface area is 89.1 Å². The summed E-state index contributed by atoms with van der Waals surface area (Å²) in [5.41, 5.74) is 0.814. The molecule has 1 rings (SSSR count). The summed E-state index contributed by atoms with van der Waals surface area (Å²) in [6.07, 6.45) is 3.70. The highest BCUT2D eigenvalue weighted by Gasteiger charge is 2.13. The van der Waals surface area contributed by atoms with E-state index in [1.54, 1.807) is 25.4 Å². The Morgan fingerprint density at radius 3 is 2.86 bits per heavy atom. The molecule has 4 heteroatoms. The van der Waals surface area contributed by atoms with Crippen LogP contribution in [0.5, 0.6) is 0 Å². The number of pyridine rings is 1. The molecular formula is C10H15ClN2O. The van der Waals surface area contributed by atoms with Crippen molar-refractivity contribution in [3.8, 4) is 0 Å². The fourth-order valence-corrected chi connectivity index (χ4v) is 1.43. The van der Waals surface area contributed by atoms with Gasteiger partial charge in [-0.05, 0) is 19.4 Å². The standard InChI is InChI=1S/C10H15ClN2O/c1-3-9(7(2)14)13-10-4-5-12-6-8(10)11/h4-7,9,14H,3H2,1-2H3,(H,12,13). The van der Waals surface area contributed by atoms with Crippen molar-refractivity contribution in [2.75, 3.05) is 5.32 Å². The smallest absolute Gasteiger partial charge is 0.0820 e. The molecule has 0 aromatic carbocycles. The molecule has 0 aliphatic carbocycles. The Hall–Kier alpha value is -0.800. The lowest BCUT2D eigenvalue weighted by atomic mass is 10.1. The number of halogens is 1. The molecule has 2 unspecified atom stereocenters. The van der Waals surface area contributed by atoms with Crippen LogP contribution < -0.4 is 5.32 Å². The number of anilines is 1. The Bertz CT molecular complexity index is 291. The minimum atomic E-state index is -0.399. The van der Waals surface area contributed by atoms with Crippen molar-refractivity contribution < 1.29 is 5.11 Å². The van der Waals surface area contributed by atoms with Gasteiger partial charge in [-0.3, -0.25) is 4.98 Å². The molecule has 2 atom stereocenters. The second-order valence-electron chi connectivity index (χ2n) is 3.26. The molecule has 1 aromatic rings. The Balaban J connectivity index is 2.72. The quantitative estimate of drug-likeness (QED) is 0.809. The Kier molecular flexibility index (Phi) is 4.17. The molecule has 0 aliphatic heterocycles. The molecule has 2 N–H and O–H groups in total. The van der Waals surface area contributed by atoms with Crippen molar-refractivity contribution >= 4 is 17.3 Å². The van der Waals surface area contributed by atoms with Gasteiger partial charge in [0.25, 0.3) is 0 Å². The zero-order valence-corrected chi connectivity index (χ0v) is 9.12. The number of hydrogen-bond acceptors (Lipinski definition) is 3. The molecule has 0 fully saturated rings. The topological polar surface area (TPSA) is 45.2 Å². The maximum absolute atomic E-state index is 9.44. The summed E-state index contributed by atoms with van der Waals surface area (Å²) in [7, 11) is 0. The van der Waals surface area contributed by atoms with Crippen LogP contribution in [0, 0.1) is 0 Å². The second kappa shape index (κ2) is 5.17. The molecule has 3 nitrogen and oxygen atoms in total. The molecule has 0 spiro atoms. The predicted molar refractivity (Wildman–Crippen MR) is 58.6 cm³/mol. The first-order valence-corrected chi connectivity index (χ1v) is 5.07.